The second-order valence-corrected chi connectivity index (χ2v) is 8.58. The molecule has 0 radical (unpaired) electrons. The molecule has 6 heteroatoms. The molecule has 0 aliphatic carbocycles. The maximum absolute atomic E-state index is 12.8. The molecule has 3 aromatic rings. The number of anilines is 2. The van der Waals surface area contributed by atoms with E-state index in [4.69, 9.17) is 4.74 Å². The number of aryl methyl sites for hydroxylation is 1. The van der Waals surface area contributed by atoms with Crippen LogP contribution in [0.1, 0.15) is 54.2 Å². The van der Waals surface area contributed by atoms with Crippen LogP contribution in [0, 0.1) is 6.92 Å². The van der Waals surface area contributed by atoms with Crippen LogP contribution in [0.15, 0.2) is 48.5 Å². The van der Waals surface area contributed by atoms with Crippen LogP contribution in [0.25, 0.3) is 10.9 Å². The van der Waals surface area contributed by atoms with Gasteiger partial charge in [0.15, 0.2) is 6.61 Å². The van der Waals surface area contributed by atoms with Crippen molar-refractivity contribution in [3.8, 4) is 0 Å². The number of benzene rings is 2. The third-order valence-electron chi connectivity index (χ3n) is 5.84. The van der Waals surface area contributed by atoms with Gasteiger partial charge in [-0.2, -0.15) is 0 Å². The maximum Gasteiger partial charge on any atom is 0.339 e. The van der Waals surface area contributed by atoms with E-state index >= 15 is 0 Å². The SMILES string of the molecule is Cc1cc(N2CCCC2)ccc1NC(=O)COC(=O)c1cc(C(C)C)nc2ccccc12. The normalized spacial score (nSPS) is 13.6. The van der Waals surface area contributed by atoms with E-state index < -0.39 is 5.97 Å². The molecule has 1 N–H and O–H groups in total. The molecule has 1 fully saturated rings. The van der Waals surface area contributed by atoms with E-state index in [0.29, 0.717) is 5.56 Å². The average Bonchev–Trinajstić information content (AvgIpc) is 3.33. The fourth-order valence-electron chi connectivity index (χ4n) is 4.02. The molecule has 1 saturated heterocycles. The third kappa shape index (κ3) is 4.74. The maximum atomic E-state index is 12.8. The van der Waals surface area contributed by atoms with Gasteiger partial charge in [-0.25, -0.2) is 4.79 Å². The van der Waals surface area contributed by atoms with E-state index in [-0.39, 0.29) is 18.4 Å². The first kappa shape index (κ1) is 21.8. The van der Waals surface area contributed by atoms with E-state index in [0.717, 1.165) is 40.9 Å². The molecule has 0 bridgehead atoms. The zero-order valence-corrected chi connectivity index (χ0v) is 18.9. The van der Waals surface area contributed by atoms with Gasteiger partial charge in [-0.1, -0.05) is 32.0 Å². The number of amides is 1. The average molecular weight is 432 g/mol. The second-order valence-electron chi connectivity index (χ2n) is 8.58. The van der Waals surface area contributed by atoms with Gasteiger partial charge in [0, 0.05) is 35.5 Å². The molecule has 4 rings (SSSR count). The van der Waals surface area contributed by atoms with Crippen molar-refractivity contribution in [3.05, 3.63) is 65.4 Å². The van der Waals surface area contributed by atoms with Gasteiger partial charge in [0.25, 0.3) is 5.91 Å². The minimum Gasteiger partial charge on any atom is -0.452 e. The summed E-state index contributed by atoms with van der Waals surface area (Å²) in [6, 6.07) is 15.2. The molecular formula is C26H29N3O3. The number of aromatic nitrogens is 1. The first-order chi connectivity index (χ1) is 15.4. The van der Waals surface area contributed by atoms with E-state index in [9.17, 15) is 9.59 Å². The Bertz CT molecular complexity index is 1150. The molecule has 0 saturated carbocycles. The van der Waals surface area contributed by atoms with Gasteiger partial charge in [0.1, 0.15) is 0 Å². The fraction of sp³-hybridized carbons (Fsp3) is 0.346. The molecular weight excluding hydrogens is 402 g/mol. The number of carbonyl (C=O) groups excluding carboxylic acids is 2. The summed E-state index contributed by atoms with van der Waals surface area (Å²) >= 11 is 0. The standard InChI is InChI=1S/C26H29N3O3/c1-17(2)24-15-21(20-8-4-5-9-23(20)27-24)26(31)32-16-25(30)28-22-11-10-19(14-18(22)3)29-12-6-7-13-29/h4-5,8-11,14-15,17H,6-7,12-13,16H2,1-3H3,(H,28,30). The van der Waals surface area contributed by atoms with Crippen LogP contribution < -0.4 is 10.2 Å². The summed E-state index contributed by atoms with van der Waals surface area (Å²) in [6.07, 6.45) is 2.43. The van der Waals surface area contributed by atoms with Crippen molar-refractivity contribution in [1.82, 2.24) is 4.98 Å². The molecule has 0 spiro atoms. The molecule has 1 aliphatic heterocycles. The van der Waals surface area contributed by atoms with E-state index in [1.807, 2.05) is 57.2 Å². The van der Waals surface area contributed by atoms with Crippen LogP contribution >= 0.6 is 0 Å². The molecule has 32 heavy (non-hydrogen) atoms. The van der Waals surface area contributed by atoms with Crippen LogP contribution in [-0.2, 0) is 9.53 Å². The minimum atomic E-state index is -0.526. The smallest absolute Gasteiger partial charge is 0.339 e. The van der Waals surface area contributed by atoms with E-state index in [1.165, 1.54) is 18.5 Å². The number of pyridine rings is 1. The summed E-state index contributed by atoms with van der Waals surface area (Å²) in [5.74, 6) is -0.722. The van der Waals surface area contributed by atoms with Gasteiger partial charge in [0.2, 0.25) is 0 Å². The lowest BCUT2D eigenvalue weighted by molar-refractivity contribution is -0.119. The Labute approximate surface area is 188 Å². The zero-order valence-electron chi connectivity index (χ0n) is 18.9. The number of nitrogens with zero attached hydrogens (tertiary/aromatic N) is 2. The van der Waals surface area contributed by atoms with Crippen LogP contribution in [-0.4, -0.2) is 36.6 Å². The number of esters is 1. The summed E-state index contributed by atoms with van der Waals surface area (Å²) in [5, 5.41) is 3.57. The summed E-state index contributed by atoms with van der Waals surface area (Å²) < 4.78 is 5.36. The molecule has 2 heterocycles. The molecule has 1 aromatic heterocycles. The Morgan fingerprint density at radius 1 is 1.09 bits per heavy atom. The number of hydrogen-bond acceptors (Lipinski definition) is 5. The topological polar surface area (TPSA) is 71.5 Å². The number of fused-ring (bicyclic) bond motifs is 1. The van der Waals surface area contributed by atoms with Crippen LogP contribution in [0.5, 0.6) is 0 Å². The van der Waals surface area contributed by atoms with Gasteiger partial charge in [0.05, 0.1) is 11.1 Å². The lowest BCUT2D eigenvalue weighted by Crippen LogP contribution is -2.22. The lowest BCUT2D eigenvalue weighted by atomic mass is 10.0. The van der Waals surface area contributed by atoms with Gasteiger partial charge in [-0.15, -0.1) is 0 Å². The summed E-state index contributed by atoms with van der Waals surface area (Å²) in [6.45, 7) is 7.82. The third-order valence-corrected chi connectivity index (χ3v) is 5.84. The number of ether oxygens (including phenoxy) is 1. The van der Waals surface area contributed by atoms with E-state index in [2.05, 4.69) is 21.3 Å². The van der Waals surface area contributed by atoms with Gasteiger partial charge < -0.3 is 15.0 Å². The Morgan fingerprint density at radius 2 is 1.84 bits per heavy atom. The summed E-state index contributed by atoms with van der Waals surface area (Å²) in [7, 11) is 0. The van der Waals surface area contributed by atoms with Gasteiger partial charge in [-0.05, 0) is 61.6 Å². The number of nitrogens with one attached hydrogen (secondary N) is 1. The fourth-order valence-corrected chi connectivity index (χ4v) is 4.02. The first-order valence-electron chi connectivity index (χ1n) is 11.1. The summed E-state index contributed by atoms with van der Waals surface area (Å²) in [5.41, 5.74) is 4.87. The number of carbonyl (C=O) groups is 2. The van der Waals surface area contributed by atoms with Crippen molar-refractivity contribution in [2.45, 2.75) is 39.5 Å². The lowest BCUT2D eigenvalue weighted by Gasteiger charge is -2.19. The Kier molecular flexibility index (Phi) is 6.40. The monoisotopic (exact) mass is 431 g/mol. The minimum absolute atomic E-state index is 0.168. The van der Waals surface area contributed by atoms with Crippen molar-refractivity contribution < 1.29 is 14.3 Å². The van der Waals surface area contributed by atoms with Crippen LogP contribution in [0.2, 0.25) is 0 Å². The van der Waals surface area contributed by atoms with Crippen LogP contribution in [0.3, 0.4) is 0 Å². The summed E-state index contributed by atoms with van der Waals surface area (Å²) in [4.78, 5) is 32.3. The Hall–Kier alpha value is -3.41. The largest absolute Gasteiger partial charge is 0.452 e. The quantitative estimate of drug-likeness (QED) is 0.552. The van der Waals surface area contributed by atoms with Crippen molar-refractivity contribution in [2.75, 3.05) is 29.9 Å². The molecule has 0 atom stereocenters. The van der Waals surface area contributed by atoms with Crippen molar-refractivity contribution in [2.24, 2.45) is 0 Å². The highest BCUT2D eigenvalue weighted by Gasteiger charge is 2.18. The second kappa shape index (κ2) is 9.39. The molecule has 166 valence electrons. The van der Waals surface area contributed by atoms with Crippen molar-refractivity contribution in [1.29, 1.82) is 0 Å². The molecule has 1 aliphatic rings. The first-order valence-corrected chi connectivity index (χ1v) is 11.1. The number of rotatable bonds is 6. The Balaban J connectivity index is 1.43. The molecule has 1 amide bonds. The molecule has 0 unspecified atom stereocenters. The number of para-hydroxylation sites is 1. The highest BCUT2D eigenvalue weighted by atomic mass is 16.5. The van der Waals surface area contributed by atoms with Gasteiger partial charge in [-0.3, -0.25) is 9.78 Å². The van der Waals surface area contributed by atoms with E-state index in [1.54, 1.807) is 6.07 Å². The van der Waals surface area contributed by atoms with Gasteiger partial charge >= 0.3 is 5.97 Å². The predicted octanol–water partition coefficient (Wildman–Crippen LogP) is 5.06. The Morgan fingerprint density at radius 3 is 2.56 bits per heavy atom. The van der Waals surface area contributed by atoms with Crippen LogP contribution in [0.4, 0.5) is 11.4 Å². The molecule has 2 aromatic carbocycles. The van der Waals surface area contributed by atoms with Crippen molar-refractivity contribution >= 4 is 34.2 Å². The van der Waals surface area contributed by atoms with Crippen molar-refractivity contribution in [3.63, 3.8) is 0 Å². The molecule has 6 nitrogen and oxygen atoms in total. The predicted molar refractivity (Wildman–Crippen MR) is 127 cm³/mol. The number of hydrogen-bond donors (Lipinski definition) is 1. The zero-order chi connectivity index (χ0) is 22.7. The highest BCUT2D eigenvalue weighted by Crippen LogP contribution is 2.26. The highest BCUT2D eigenvalue weighted by molar-refractivity contribution is 6.04.